The Hall–Kier alpha value is -0.120. The van der Waals surface area contributed by atoms with E-state index in [-0.39, 0.29) is 0 Å². The van der Waals surface area contributed by atoms with Gasteiger partial charge in [0.25, 0.3) is 0 Å². The lowest BCUT2D eigenvalue weighted by molar-refractivity contribution is 0.00900. The third kappa shape index (κ3) is 17.9. The zero-order chi connectivity index (χ0) is 14.2. The fourth-order valence-electron chi connectivity index (χ4n) is 1.74. The average molecular weight is 274 g/mol. The van der Waals surface area contributed by atoms with Gasteiger partial charge in [0, 0.05) is 13.2 Å². The molecule has 116 valence electrons. The molecule has 0 aliphatic carbocycles. The first-order valence-electron chi connectivity index (χ1n) is 8.00. The van der Waals surface area contributed by atoms with Crippen LogP contribution in [-0.4, -0.2) is 39.6 Å². The Morgan fingerprint density at radius 3 is 1.79 bits per heavy atom. The molecule has 0 aliphatic heterocycles. The first-order valence-corrected chi connectivity index (χ1v) is 8.00. The lowest BCUT2D eigenvalue weighted by Crippen LogP contribution is -2.11. The van der Waals surface area contributed by atoms with Gasteiger partial charge < -0.3 is 14.2 Å². The molecule has 0 saturated carbocycles. The molecule has 0 aliphatic rings. The molecule has 0 aromatic heterocycles. The molecular weight excluding hydrogens is 240 g/mol. The number of hydrogen-bond donors (Lipinski definition) is 0. The summed E-state index contributed by atoms with van der Waals surface area (Å²) < 4.78 is 16.4. The van der Waals surface area contributed by atoms with Crippen LogP contribution in [0, 0.1) is 5.92 Å². The second-order valence-electron chi connectivity index (χ2n) is 5.46. The minimum Gasteiger partial charge on any atom is -0.379 e. The Morgan fingerprint density at radius 1 is 0.632 bits per heavy atom. The molecule has 0 atom stereocenters. The highest BCUT2D eigenvalue weighted by Crippen LogP contribution is 2.04. The summed E-state index contributed by atoms with van der Waals surface area (Å²) in [6, 6.07) is 0. The molecule has 0 rings (SSSR count). The number of hydrogen-bond acceptors (Lipinski definition) is 3. The van der Waals surface area contributed by atoms with Crippen LogP contribution in [0.2, 0.25) is 0 Å². The molecule has 19 heavy (non-hydrogen) atoms. The Morgan fingerprint density at radius 2 is 1.16 bits per heavy atom. The SMILES string of the molecule is CCCCCCCCOCCOCCOCC(C)C. The third-order valence-corrected chi connectivity index (χ3v) is 2.84. The summed E-state index contributed by atoms with van der Waals surface area (Å²) >= 11 is 0. The zero-order valence-electron chi connectivity index (χ0n) is 13.3. The van der Waals surface area contributed by atoms with Crippen molar-refractivity contribution >= 4 is 0 Å². The van der Waals surface area contributed by atoms with E-state index in [1.807, 2.05) is 0 Å². The van der Waals surface area contributed by atoms with Crippen molar-refractivity contribution in [2.75, 3.05) is 39.6 Å². The average Bonchev–Trinajstić information content (AvgIpc) is 2.39. The summed E-state index contributed by atoms with van der Waals surface area (Å²) in [5, 5.41) is 0. The van der Waals surface area contributed by atoms with E-state index in [1.54, 1.807) is 0 Å². The van der Waals surface area contributed by atoms with Gasteiger partial charge in [0.2, 0.25) is 0 Å². The summed E-state index contributed by atoms with van der Waals surface area (Å²) in [6.45, 7) is 11.0. The third-order valence-electron chi connectivity index (χ3n) is 2.84. The van der Waals surface area contributed by atoms with E-state index >= 15 is 0 Å². The van der Waals surface area contributed by atoms with Crippen LogP contribution < -0.4 is 0 Å². The van der Waals surface area contributed by atoms with Crippen molar-refractivity contribution in [1.82, 2.24) is 0 Å². The van der Waals surface area contributed by atoms with Crippen molar-refractivity contribution in [3.05, 3.63) is 0 Å². The molecule has 0 spiro atoms. The quantitative estimate of drug-likeness (QED) is 0.422. The van der Waals surface area contributed by atoms with Crippen molar-refractivity contribution < 1.29 is 14.2 Å². The van der Waals surface area contributed by atoms with Crippen LogP contribution in [0.5, 0.6) is 0 Å². The predicted molar refractivity (Wildman–Crippen MR) is 80.7 cm³/mol. The minimum absolute atomic E-state index is 0.598. The van der Waals surface area contributed by atoms with Crippen LogP contribution in [-0.2, 0) is 14.2 Å². The lowest BCUT2D eigenvalue weighted by Gasteiger charge is -2.08. The summed E-state index contributed by atoms with van der Waals surface area (Å²) in [5.74, 6) is 0.598. The van der Waals surface area contributed by atoms with E-state index in [9.17, 15) is 0 Å². The molecule has 0 aromatic rings. The van der Waals surface area contributed by atoms with E-state index in [0.717, 1.165) is 13.2 Å². The summed E-state index contributed by atoms with van der Waals surface area (Å²) in [5.41, 5.74) is 0. The number of rotatable bonds is 15. The first kappa shape index (κ1) is 18.9. The van der Waals surface area contributed by atoms with Gasteiger partial charge in [0.15, 0.2) is 0 Å². The Kier molecular flexibility index (Phi) is 15.8. The van der Waals surface area contributed by atoms with Gasteiger partial charge in [0.05, 0.1) is 26.4 Å². The summed E-state index contributed by atoms with van der Waals surface area (Å²) in [4.78, 5) is 0. The van der Waals surface area contributed by atoms with Crippen molar-refractivity contribution in [3.8, 4) is 0 Å². The molecule has 0 saturated heterocycles. The standard InChI is InChI=1S/C16H34O3/c1-4-5-6-7-8-9-10-17-11-12-18-13-14-19-15-16(2)3/h16H,4-15H2,1-3H3. The van der Waals surface area contributed by atoms with E-state index in [1.165, 1.54) is 38.5 Å². The molecule has 3 nitrogen and oxygen atoms in total. The largest absolute Gasteiger partial charge is 0.379 e. The molecule has 3 heteroatoms. The van der Waals surface area contributed by atoms with E-state index in [0.29, 0.717) is 32.3 Å². The second-order valence-corrected chi connectivity index (χ2v) is 5.46. The van der Waals surface area contributed by atoms with E-state index in [2.05, 4.69) is 20.8 Å². The molecule has 0 heterocycles. The van der Waals surface area contributed by atoms with Gasteiger partial charge in [-0.2, -0.15) is 0 Å². The molecule has 0 aromatic carbocycles. The maximum absolute atomic E-state index is 5.52. The highest BCUT2D eigenvalue weighted by Gasteiger charge is 1.94. The number of ether oxygens (including phenoxy) is 3. The monoisotopic (exact) mass is 274 g/mol. The maximum Gasteiger partial charge on any atom is 0.0701 e. The second kappa shape index (κ2) is 15.9. The van der Waals surface area contributed by atoms with Gasteiger partial charge in [-0.15, -0.1) is 0 Å². The minimum atomic E-state index is 0.598. The Labute approximate surface area is 120 Å². The van der Waals surface area contributed by atoms with Crippen molar-refractivity contribution in [3.63, 3.8) is 0 Å². The van der Waals surface area contributed by atoms with Crippen LogP contribution in [0.4, 0.5) is 0 Å². The molecule has 0 fully saturated rings. The van der Waals surface area contributed by atoms with Crippen molar-refractivity contribution in [1.29, 1.82) is 0 Å². The first-order chi connectivity index (χ1) is 9.27. The van der Waals surface area contributed by atoms with Crippen LogP contribution in [0.25, 0.3) is 0 Å². The van der Waals surface area contributed by atoms with E-state index in [4.69, 9.17) is 14.2 Å². The van der Waals surface area contributed by atoms with Crippen molar-refractivity contribution in [2.24, 2.45) is 5.92 Å². The van der Waals surface area contributed by atoms with Gasteiger partial charge in [-0.3, -0.25) is 0 Å². The van der Waals surface area contributed by atoms with Gasteiger partial charge in [-0.1, -0.05) is 52.9 Å². The molecule has 0 bridgehead atoms. The fourth-order valence-corrected chi connectivity index (χ4v) is 1.74. The highest BCUT2D eigenvalue weighted by atomic mass is 16.5. The van der Waals surface area contributed by atoms with E-state index < -0.39 is 0 Å². The van der Waals surface area contributed by atoms with Crippen LogP contribution in [0.15, 0.2) is 0 Å². The van der Waals surface area contributed by atoms with Crippen LogP contribution in [0.3, 0.4) is 0 Å². The molecule has 0 amide bonds. The normalized spacial score (nSPS) is 11.4. The smallest absolute Gasteiger partial charge is 0.0701 e. The predicted octanol–water partition coefficient (Wildman–Crippen LogP) is 4.05. The summed E-state index contributed by atoms with van der Waals surface area (Å²) in [6.07, 6.45) is 7.88. The molecule has 0 N–H and O–H groups in total. The highest BCUT2D eigenvalue weighted by molar-refractivity contribution is 4.43. The van der Waals surface area contributed by atoms with Crippen molar-refractivity contribution in [2.45, 2.75) is 59.3 Å². The lowest BCUT2D eigenvalue weighted by atomic mass is 10.1. The maximum atomic E-state index is 5.52. The molecule has 0 radical (unpaired) electrons. The van der Waals surface area contributed by atoms with Crippen LogP contribution in [0.1, 0.15) is 59.3 Å². The van der Waals surface area contributed by atoms with Gasteiger partial charge in [-0.05, 0) is 12.3 Å². The zero-order valence-corrected chi connectivity index (χ0v) is 13.3. The van der Waals surface area contributed by atoms with Gasteiger partial charge in [-0.25, -0.2) is 0 Å². The van der Waals surface area contributed by atoms with Gasteiger partial charge >= 0.3 is 0 Å². The summed E-state index contributed by atoms with van der Waals surface area (Å²) in [7, 11) is 0. The molecule has 0 unspecified atom stereocenters. The number of unbranched alkanes of at least 4 members (excludes halogenated alkanes) is 5. The molecular formula is C16H34O3. The Balaban J connectivity index is 2.91. The van der Waals surface area contributed by atoms with Gasteiger partial charge in [0.1, 0.15) is 0 Å². The van der Waals surface area contributed by atoms with Crippen LogP contribution >= 0.6 is 0 Å². The fraction of sp³-hybridized carbons (Fsp3) is 1.00. The topological polar surface area (TPSA) is 27.7 Å². The Bertz CT molecular complexity index is 160.